The summed E-state index contributed by atoms with van der Waals surface area (Å²) in [5, 5.41) is 17.1. The molecule has 1 amide bonds. The smallest absolute Gasteiger partial charge is 0.270 e. The van der Waals surface area contributed by atoms with Crippen molar-refractivity contribution in [2.45, 2.75) is 0 Å². The van der Waals surface area contributed by atoms with Gasteiger partial charge in [-0.25, -0.2) is 0 Å². The minimum atomic E-state index is -0.605. The molecule has 0 unspecified atom stereocenters. The number of non-ortho nitro benzene ring substituents is 1. The number of aromatic amines is 1. The van der Waals surface area contributed by atoms with Crippen LogP contribution in [-0.2, 0) is 0 Å². The molecule has 0 spiro atoms. The minimum Gasteiger partial charge on any atom is -0.306 e. The Bertz CT molecular complexity index is 944. The summed E-state index contributed by atoms with van der Waals surface area (Å²) in [5.41, 5.74) is -0.581. The molecule has 0 aliphatic heterocycles. The van der Waals surface area contributed by atoms with E-state index in [9.17, 15) is 19.7 Å². The van der Waals surface area contributed by atoms with E-state index in [2.05, 4.69) is 20.4 Å². The van der Waals surface area contributed by atoms with Crippen LogP contribution < -0.4 is 10.9 Å². The zero-order valence-electron chi connectivity index (χ0n) is 10.9. The normalized spacial score (nSPS) is 10.5. The molecule has 0 saturated carbocycles. The number of carbonyl (C=O) groups is 1. The first kappa shape index (κ1) is 13.4. The third-order valence-electron chi connectivity index (χ3n) is 2.84. The molecule has 110 valence electrons. The van der Waals surface area contributed by atoms with Crippen LogP contribution in [0.5, 0.6) is 0 Å². The second-order valence-electron chi connectivity index (χ2n) is 4.28. The number of carbonyl (C=O) groups excluding carboxylic acids is 1. The van der Waals surface area contributed by atoms with Gasteiger partial charge in [-0.1, -0.05) is 6.07 Å². The summed E-state index contributed by atoms with van der Waals surface area (Å²) >= 11 is 0. The fourth-order valence-corrected chi connectivity index (χ4v) is 1.87. The molecule has 0 saturated heterocycles. The molecule has 0 fully saturated rings. The number of fused-ring (bicyclic) bond motifs is 1. The van der Waals surface area contributed by atoms with Crippen LogP contribution in [0.2, 0.25) is 0 Å². The van der Waals surface area contributed by atoms with Gasteiger partial charge in [0.05, 0.1) is 4.92 Å². The third-order valence-corrected chi connectivity index (χ3v) is 2.84. The van der Waals surface area contributed by atoms with Gasteiger partial charge in [0.1, 0.15) is 12.1 Å². The first-order valence-electron chi connectivity index (χ1n) is 6.03. The van der Waals surface area contributed by atoms with Crippen molar-refractivity contribution in [2.24, 2.45) is 0 Å². The highest BCUT2D eigenvalue weighted by Gasteiger charge is 2.14. The fourth-order valence-electron chi connectivity index (χ4n) is 1.87. The largest absolute Gasteiger partial charge is 0.306 e. The zero-order chi connectivity index (χ0) is 15.7. The first-order valence-corrected chi connectivity index (χ1v) is 6.03. The maximum absolute atomic E-state index is 12.2. The van der Waals surface area contributed by atoms with Crippen molar-refractivity contribution in [3.63, 3.8) is 0 Å². The van der Waals surface area contributed by atoms with Gasteiger partial charge in [0.2, 0.25) is 5.78 Å². The molecule has 2 heterocycles. The number of amides is 1. The van der Waals surface area contributed by atoms with Crippen molar-refractivity contribution < 1.29 is 9.72 Å². The highest BCUT2D eigenvalue weighted by Crippen LogP contribution is 2.14. The molecule has 2 aromatic heterocycles. The number of aromatic nitrogens is 4. The molecule has 1 aromatic carbocycles. The Hall–Kier alpha value is -3.56. The van der Waals surface area contributed by atoms with Crippen molar-refractivity contribution in [1.82, 2.24) is 19.6 Å². The molecule has 0 aliphatic carbocycles. The Morgan fingerprint density at radius 1 is 1.36 bits per heavy atom. The number of anilines is 1. The first-order chi connectivity index (χ1) is 10.5. The monoisotopic (exact) mass is 300 g/mol. The van der Waals surface area contributed by atoms with Gasteiger partial charge in [-0.2, -0.15) is 14.6 Å². The Morgan fingerprint density at radius 3 is 2.95 bits per heavy atom. The van der Waals surface area contributed by atoms with Crippen molar-refractivity contribution >= 4 is 23.2 Å². The van der Waals surface area contributed by atoms with Crippen LogP contribution in [0.4, 0.5) is 11.5 Å². The fraction of sp³-hybridized carbons (Fsp3) is 0. The SMILES string of the molecule is O=C(Nc1cc(=O)[nH]c2ncnn12)c1cccc([N+](=O)[O-])c1. The summed E-state index contributed by atoms with van der Waals surface area (Å²) in [6, 6.07) is 6.38. The maximum Gasteiger partial charge on any atom is 0.270 e. The summed E-state index contributed by atoms with van der Waals surface area (Å²) in [6.45, 7) is 0. The van der Waals surface area contributed by atoms with Gasteiger partial charge in [0.25, 0.3) is 17.2 Å². The van der Waals surface area contributed by atoms with E-state index >= 15 is 0 Å². The van der Waals surface area contributed by atoms with Crippen LogP contribution in [-0.4, -0.2) is 30.4 Å². The molecule has 3 rings (SSSR count). The highest BCUT2D eigenvalue weighted by molar-refractivity contribution is 6.04. The lowest BCUT2D eigenvalue weighted by molar-refractivity contribution is -0.384. The molecule has 10 nitrogen and oxygen atoms in total. The van der Waals surface area contributed by atoms with Crippen LogP contribution in [0.3, 0.4) is 0 Å². The topological polar surface area (TPSA) is 135 Å². The second kappa shape index (κ2) is 5.09. The molecular formula is C12H8N6O4. The molecule has 0 radical (unpaired) electrons. The third kappa shape index (κ3) is 2.40. The van der Waals surface area contributed by atoms with E-state index in [-0.39, 0.29) is 22.8 Å². The van der Waals surface area contributed by atoms with Gasteiger partial charge in [-0.15, -0.1) is 0 Å². The number of hydrogen-bond acceptors (Lipinski definition) is 6. The number of rotatable bonds is 3. The average Bonchev–Trinajstić information content (AvgIpc) is 2.95. The van der Waals surface area contributed by atoms with E-state index in [0.717, 1.165) is 12.1 Å². The van der Waals surface area contributed by atoms with Gasteiger partial charge in [-0.3, -0.25) is 24.7 Å². The van der Waals surface area contributed by atoms with E-state index < -0.39 is 16.4 Å². The Labute approximate surface area is 121 Å². The Kier molecular flexibility index (Phi) is 3.10. The molecule has 0 bridgehead atoms. The molecule has 0 aliphatic rings. The molecule has 22 heavy (non-hydrogen) atoms. The number of benzene rings is 1. The van der Waals surface area contributed by atoms with Crippen molar-refractivity contribution in [3.8, 4) is 0 Å². The lowest BCUT2D eigenvalue weighted by Gasteiger charge is -2.06. The Morgan fingerprint density at radius 2 is 2.18 bits per heavy atom. The summed E-state index contributed by atoms with van der Waals surface area (Å²) in [5.74, 6) is -0.333. The number of H-pyrrole nitrogens is 1. The lowest BCUT2D eigenvalue weighted by atomic mass is 10.2. The van der Waals surface area contributed by atoms with Gasteiger partial charge in [0.15, 0.2) is 0 Å². The minimum absolute atomic E-state index is 0.0859. The summed E-state index contributed by atoms with van der Waals surface area (Å²) in [6.07, 6.45) is 1.22. The second-order valence-corrected chi connectivity index (χ2v) is 4.28. The lowest BCUT2D eigenvalue weighted by Crippen LogP contribution is -2.18. The number of nitrogens with zero attached hydrogens (tertiary/aromatic N) is 4. The van der Waals surface area contributed by atoms with E-state index in [1.807, 2.05) is 0 Å². The standard InChI is InChI=1S/C12H8N6O4/c19-10-5-9(17-12(16-10)13-6-14-17)15-11(20)7-2-1-3-8(4-7)18(21)22/h1-6H,(H,15,20)(H,13,14,16,19). The van der Waals surface area contributed by atoms with Crippen molar-refractivity contribution in [3.05, 3.63) is 62.7 Å². The van der Waals surface area contributed by atoms with E-state index in [0.29, 0.717) is 0 Å². The van der Waals surface area contributed by atoms with Crippen LogP contribution in [0.15, 0.2) is 41.5 Å². The Balaban J connectivity index is 1.96. The number of hydrogen-bond donors (Lipinski definition) is 2. The van der Waals surface area contributed by atoms with Crippen molar-refractivity contribution in [1.29, 1.82) is 0 Å². The predicted octanol–water partition coefficient (Wildman–Crippen LogP) is 0.578. The van der Waals surface area contributed by atoms with Gasteiger partial charge in [-0.05, 0) is 6.07 Å². The average molecular weight is 300 g/mol. The maximum atomic E-state index is 12.2. The quantitative estimate of drug-likeness (QED) is 0.536. The summed E-state index contributed by atoms with van der Waals surface area (Å²) in [4.78, 5) is 40.0. The molecule has 3 aromatic rings. The van der Waals surface area contributed by atoms with Gasteiger partial charge < -0.3 is 5.32 Å². The molecular weight excluding hydrogens is 292 g/mol. The van der Waals surface area contributed by atoms with Crippen LogP contribution in [0.25, 0.3) is 5.78 Å². The summed E-state index contributed by atoms with van der Waals surface area (Å²) in [7, 11) is 0. The van der Waals surface area contributed by atoms with E-state index in [1.165, 1.54) is 29.0 Å². The molecule has 0 atom stereocenters. The number of nitro groups is 1. The zero-order valence-corrected chi connectivity index (χ0v) is 10.9. The highest BCUT2D eigenvalue weighted by atomic mass is 16.6. The number of nitro benzene ring substituents is 1. The van der Waals surface area contributed by atoms with Crippen LogP contribution in [0, 0.1) is 10.1 Å². The predicted molar refractivity (Wildman–Crippen MR) is 74.7 cm³/mol. The van der Waals surface area contributed by atoms with Gasteiger partial charge >= 0.3 is 0 Å². The van der Waals surface area contributed by atoms with Gasteiger partial charge in [0, 0.05) is 23.8 Å². The van der Waals surface area contributed by atoms with E-state index in [4.69, 9.17) is 0 Å². The number of nitrogens with one attached hydrogen (secondary N) is 2. The molecule has 10 heteroatoms. The molecule has 2 N–H and O–H groups in total. The van der Waals surface area contributed by atoms with Crippen LogP contribution in [0.1, 0.15) is 10.4 Å². The van der Waals surface area contributed by atoms with E-state index in [1.54, 1.807) is 0 Å². The van der Waals surface area contributed by atoms with Crippen molar-refractivity contribution in [2.75, 3.05) is 5.32 Å². The van der Waals surface area contributed by atoms with Crippen LogP contribution >= 0.6 is 0 Å². The summed E-state index contributed by atoms with van der Waals surface area (Å²) < 4.78 is 1.23.